The first-order chi connectivity index (χ1) is 20.3. The van der Waals surface area contributed by atoms with E-state index in [1.165, 1.54) is 12.1 Å². The van der Waals surface area contributed by atoms with Crippen molar-refractivity contribution in [3.8, 4) is 28.8 Å². The van der Waals surface area contributed by atoms with Crippen LogP contribution in [0.1, 0.15) is 68.3 Å². The van der Waals surface area contributed by atoms with Gasteiger partial charge < -0.3 is 23.6 Å². The summed E-state index contributed by atoms with van der Waals surface area (Å²) < 4.78 is 60.6. The van der Waals surface area contributed by atoms with Gasteiger partial charge in [-0.2, -0.15) is 0 Å². The molecule has 0 radical (unpaired) electrons. The fourth-order valence-corrected chi connectivity index (χ4v) is 6.11. The van der Waals surface area contributed by atoms with E-state index in [0.29, 0.717) is 35.7 Å². The standard InChI is InChI=1S/C32H31F3N2O5/c1-2-39-29(38)16-9-20-7-12-22(13-8-20)37-23-14-15-24(37)18-25(17-23)40-19-27-30(36-42-31(27)21-10-11-21)26-5-3-4-6-28(26)41-32(33,34)35/h3-8,12-13,21,23-25H,2,10-11,14-15,17-19H2,1H3/t23-,24+,25+. The van der Waals surface area contributed by atoms with Crippen LogP contribution < -0.4 is 9.64 Å². The van der Waals surface area contributed by atoms with Crippen molar-refractivity contribution in [3.05, 3.63) is 65.4 Å². The number of fused-ring (bicyclic) bond motifs is 2. The summed E-state index contributed by atoms with van der Waals surface area (Å²) in [7, 11) is 0. The molecule has 1 saturated carbocycles. The van der Waals surface area contributed by atoms with Gasteiger partial charge >= 0.3 is 12.3 Å². The quantitative estimate of drug-likeness (QED) is 0.216. The number of halogens is 3. The van der Waals surface area contributed by atoms with E-state index >= 15 is 0 Å². The number of anilines is 1. The number of esters is 1. The minimum absolute atomic E-state index is 0.00457. The van der Waals surface area contributed by atoms with Crippen LogP contribution in [0.15, 0.2) is 53.1 Å². The van der Waals surface area contributed by atoms with Crippen LogP contribution >= 0.6 is 0 Å². The number of aromatic nitrogens is 1. The number of carbonyl (C=O) groups excluding carboxylic acids is 1. The summed E-state index contributed by atoms with van der Waals surface area (Å²) in [5.41, 5.74) is 3.12. The van der Waals surface area contributed by atoms with Crippen LogP contribution in [0.2, 0.25) is 0 Å². The summed E-state index contributed by atoms with van der Waals surface area (Å²) in [4.78, 5) is 14.0. The molecule has 0 unspecified atom stereocenters. The zero-order valence-corrected chi connectivity index (χ0v) is 23.2. The third kappa shape index (κ3) is 6.26. The molecule has 0 amide bonds. The zero-order chi connectivity index (χ0) is 29.3. The smallest absolute Gasteiger partial charge is 0.456 e. The van der Waals surface area contributed by atoms with E-state index in [0.717, 1.165) is 49.8 Å². The Hall–Kier alpha value is -3.97. The van der Waals surface area contributed by atoms with Gasteiger partial charge in [0.05, 0.1) is 19.3 Å². The molecule has 3 fully saturated rings. The highest BCUT2D eigenvalue weighted by molar-refractivity contribution is 5.89. The Bertz CT molecular complexity index is 1470. The van der Waals surface area contributed by atoms with Gasteiger partial charge in [0.1, 0.15) is 17.2 Å². The number of alkyl halides is 3. The SMILES string of the molecule is CCOC(=O)C#Cc1ccc(N2[C@@H]3CC[C@H]2C[C@@H](OCc2c(-c4ccccc4OC(F)(F)F)noc2C2CC2)C3)cc1. The van der Waals surface area contributed by atoms with Gasteiger partial charge in [-0.25, -0.2) is 4.79 Å². The largest absolute Gasteiger partial charge is 0.573 e. The Morgan fingerprint density at radius 1 is 1.05 bits per heavy atom. The first-order valence-corrected chi connectivity index (χ1v) is 14.3. The van der Waals surface area contributed by atoms with Crippen LogP contribution in [0.4, 0.5) is 18.9 Å². The Morgan fingerprint density at radius 3 is 2.43 bits per heavy atom. The second-order valence-electron chi connectivity index (χ2n) is 10.9. The molecule has 3 aromatic rings. The minimum atomic E-state index is -4.82. The zero-order valence-electron chi connectivity index (χ0n) is 23.2. The van der Waals surface area contributed by atoms with Crippen molar-refractivity contribution in [3.63, 3.8) is 0 Å². The maximum atomic E-state index is 13.1. The van der Waals surface area contributed by atoms with Crippen LogP contribution in [0, 0.1) is 11.8 Å². The number of ether oxygens (including phenoxy) is 3. The van der Waals surface area contributed by atoms with Crippen molar-refractivity contribution in [1.82, 2.24) is 5.16 Å². The molecule has 6 rings (SSSR count). The van der Waals surface area contributed by atoms with Gasteiger partial charge in [-0.3, -0.25) is 0 Å². The number of para-hydroxylation sites is 1. The van der Waals surface area contributed by atoms with E-state index in [1.807, 2.05) is 24.3 Å². The summed E-state index contributed by atoms with van der Waals surface area (Å²) in [5.74, 6) is 5.39. The van der Waals surface area contributed by atoms with Gasteiger partial charge in [0.25, 0.3) is 0 Å². The van der Waals surface area contributed by atoms with E-state index < -0.39 is 12.3 Å². The predicted octanol–water partition coefficient (Wildman–Crippen LogP) is 6.75. The molecule has 2 aromatic carbocycles. The summed E-state index contributed by atoms with van der Waals surface area (Å²) in [6.07, 6.45) is 0.897. The lowest BCUT2D eigenvalue weighted by molar-refractivity contribution is -0.274. The van der Waals surface area contributed by atoms with E-state index in [2.05, 4.69) is 26.6 Å². The first kappa shape index (κ1) is 28.2. The molecular weight excluding hydrogens is 549 g/mol. The molecule has 220 valence electrons. The normalized spacial score (nSPS) is 21.5. The lowest BCUT2D eigenvalue weighted by Crippen LogP contribution is -2.45. The molecule has 2 aliphatic heterocycles. The monoisotopic (exact) mass is 580 g/mol. The van der Waals surface area contributed by atoms with Gasteiger partial charge in [-0.1, -0.05) is 23.2 Å². The summed E-state index contributed by atoms with van der Waals surface area (Å²) in [6, 6.07) is 14.5. The van der Waals surface area contributed by atoms with E-state index in [9.17, 15) is 18.0 Å². The van der Waals surface area contributed by atoms with Crippen LogP contribution in [-0.4, -0.2) is 42.3 Å². The van der Waals surface area contributed by atoms with Gasteiger partial charge in [0.15, 0.2) is 0 Å². The fourth-order valence-electron chi connectivity index (χ4n) is 6.11. The number of hydrogen-bond donors (Lipinski definition) is 0. The molecule has 7 nitrogen and oxygen atoms in total. The second-order valence-corrected chi connectivity index (χ2v) is 10.9. The number of rotatable bonds is 8. The predicted molar refractivity (Wildman–Crippen MR) is 148 cm³/mol. The number of carbonyl (C=O) groups is 1. The number of nitrogens with zero attached hydrogens (tertiary/aromatic N) is 2. The summed E-state index contributed by atoms with van der Waals surface area (Å²) >= 11 is 0. The highest BCUT2D eigenvalue weighted by atomic mass is 19.4. The van der Waals surface area contributed by atoms with E-state index in [-0.39, 0.29) is 29.9 Å². The van der Waals surface area contributed by atoms with E-state index in [1.54, 1.807) is 19.1 Å². The Kier molecular flexibility index (Phi) is 7.86. The average molecular weight is 581 g/mol. The summed E-state index contributed by atoms with van der Waals surface area (Å²) in [6.45, 7) is 2.25. The Morgan fingerprint density at radius 2 is 1.76 bits per heavy atom. The van der Waals surface area contributed by atoms with Gasteiger partial charge in [-0.15, -0.1) is 13.2 Å². The molecule has 3 aliphatic rings. The highest BCUT2D eigenvalue weighted by Gasteiger charge is 2.42. The molecule has 1 aromatic heterocycles. The molecular formula is C32H31F3N2O5. The maximum absolute atomic E-state index is 13.1. The van der Waals surface area contributed by atoms with Gasteiger partial charge in [-0.05, 0) is 81.8 Å². The Labute approximate surface area is 241 Å². The molecule has 3 atom stereocenters. The average Bonchev–Trinajstić information content (AvgIpc) is 3.66. The van der Waals surface area contributed by atoms with Crippen LogP contribution in [0.3, 0.4) is 0 Å². The molecule has 42 heavy (non-hydrogen) atoms. The second kappa shape index (κ2) is 11.7. The molecule has 10 heteroatoms. The Balaban J connectivity index is 1.14. The third-order valence-corrected chi connectivity index (χ3v) is 8.04. The molecule has 0 spiro atoms. The van der Waals surface area contributed by atoms with Crippen molar-refractivity contribution in [2.24, 2.45) is 0 Å². The summed E-state index contributed by atoms with van der Waals surface area (Å²) in [5, 5.41) is 4.19. The molecule has 0 N–H and O–H groups in total. The third-order valence-electron chi connectivity index (χ3n) is 8.04. The fraction of sp³-hybridized carbons (Fsp3) is 0.438. The van der Waals surface area contributed by atoms with Crippen LogP contribution in [0.5, 0.6) is 5.75 Å². The van der Waals surface area contributed by atoms with Crippen molar-refractivity contribution in [2.45, 2.75) is 82.5 Å². The van der Waals surface area contributed by atoms with Crippen LogP contribution in [0.25, 0.3) is 11.3 Å². The molecule has 2 saturated heterocycles. The lowest BCUT2D eigenvalue weighted by atomic mass is 9.98. The number of hydrogen-bond acceptors (Lipinski definition) is 7. The number of piperidine rings is 1. The lowest BCUT2D eigenvalue weighted by Gasteiger charge is -2.40. The van der Waals surface area contributed by atoms with Gasteiger partial charge in [0, 0.05) is 46.3 Å². The minimum Gasteiger partial charge on any atom is -0.456 e. The molecule has 2 bridgehead atoms. The number of benzene rings is 2. The molecule has 1 aliphatic carbocycles. The topological polar surface area (TPSA) is 74.0 Å². The van der Waals surface area contributed by atoms with E-state index in [4.69, 9.17) is 14.0 Å². The van der Waals surface area contributed by atoms with Gasteiger partial charge in [0.2, 0.25) is 0 Å². The van der Waals surface area contributed by atoms with Crippen molar-refractivity contribution >= 4 is 11.7 Å². The van der Waals surface area contributed by atoms with Crippen molar-refractivity contribution < 1.29 is 36.7 Å². The molecule has 3 heterocycles. The van der Waals surface area contributed by atoms with Crippen molar-refractivity contribution in [2.75, 3.05) is 11.5 Å². The van der Waals surface area contributed by atoms with Crippen LogP contribution in [-0.2, 0) is 20.9 Å². The maximum Gasteiger partial charge on any atom is 0.573 e. The first-order valence-electron chi connectivity index (χ1n) is 14.3. The highest BCUT2D eigenvalue weighted by Crippen LogP contribution is 2.46. The van der Waals surface area contributed by atoms with Crippen molar-refractivity contribution in [1.29, 1.82) is 0 Å².